The van der Waals surface area contributed by atoms with Crippen LogP contribution < -0.4 is 11.1 Å². The van der Waals surface area contributed by atoms with Crippen LogP contribution in [0.25, 0.3) is 0 Å². The molecule has 1 heterocycles. The topological polar surface area (TPSA) is 83.8 Å². The molecule has 5 heteroatoms. The number of carbonyl (C=O) groups excluding carboxylic acids is 1. The van der Waals surface area contributed by atoms with Crippen molar-refractivity contribution in [2.24, 2.45) is 5.73 Å². The van der Waals surface area contributed by atoms with Gasteiger partial charge in [-0.05, 0) is 24.1 Å². The molecule has 2 aromatic rings. The summed E-state index contributed by atoms with van der Waals surface area (Å²) in [5, 5.41) is 9.17. The predicted molar refractivity (Wildman–Crippen MR) is 68.3 cm³/mol. The van der Waals surface area contributed by atoms with Gasteiger partial charge < -0.3 is 11.1 Å². The molecule has 92 valence electrons. The second-order valence-electron chi connectivity index (χ2n) is 4.57. The van der Waals surface area contributed by atoms with Crippen LogP contribution in [-0.4, -0.2) is 22.1 Å². The van der Waals surface area contributed by atoms with Crippen LogP contribution in [0.1, 0.15) is 28.3 Å². The first kappa shape index (κ1) is 11.0. The van der Waals surface area contributed by atoms with Crippen LogP contribution in [0.15, 0.2) is 36.7 Å². The molecule has 1 aromatic heterocycles. The van der Waals surface area contributed by atoms with Crippen LogP contribution in [0.2, 0.25) is 0 Å². The van der Waals surface area contributed by atoms with E-state index in [9.17, 15) is 4.79 Å². The fraction of sp³-hybridized carbons (Fsp3) is 0.231. The van der Waals surface area contributed by atoms with Crippen LogP contribution in [0.5, 0.6) is 0 Å². The molecule has 2 atom stereocenters. The molecule has 1 amide bonds. The molecule has 1 aliphatic carbocycles. The van der Waals surface area contributed by atoms with E-state index in [1.165, 1.54) is 5.56 Å². The largest absolute Gasteiger partial charge is 0.327 e. The predicted octanol–water partition coefficient (Wildman–Crippen LogP) is 1.48. The van der Waals surface area contributed by atoms with E-state index in [-0.39, 0.29) is 11.9 Å². The van der Waals surface area contributed by atoms with Crippen molar-refractivity contribution in [3.63, 3.8) is 0 Å². The Morgan fingerprint density at radius 2 is 2.11 bits per heavy atom. The fourth-order valence-electron chi connectivity index (χ4n) is 2.00. The number of benzene rings is 1. The zero-order chi connectivity index (χ0) is 12.5. The summed E-state index contributed by atoms with van der Waals surface area (Å²) in [5.74, 6) is 0.332. The lowest BCUT2D eigenvalue weighted by atomic mass is 10.1. The number of nitrogens with zero attached hydrogens (tertiary/aromatic N) is 1. The summed E-state index contributed by atoms with van der Waals surface area (Å²) in [6, 6.07) is 7.89. The molecule has 0 aliphatic heterocycles. The quantitative estimate of drug-likeness (QED) is 0.762. The van der Waals surface area contributed by atoms with E-state index in [0.29, 0.717) is 17.2 Å². The number of aromatic amines is 1. The molecule has 1 saturated carbocycles. The van der Waals surface area contributed by atoms with Crippen molar-refractivity contribution in [3.8, 4) is 0 Å². The molecule has 1 fully saturated rings. The molecule has 0 saturated heterocycles. The molecule has 0 unspecified atom stereocenters. The number of carbonyl (C=O) groups is 1. The third-order valence-electron chi connectivity index (χ3n) is 3.20. The third-order valence-corrected chi connectivity index (χ3v) is 3.20. The van der Waals surface area contributed by atoms with Gasteiger partial charge in [0, 0.05) is 23.7 Å². The number of anilines is 1. The lowest BCUT2D eigenvalue weighted by molar-refractivity contribution is 0.102. The Bertz CT molecular complexity index is 547. The highest BCUT2D eigenvalue weighted by atomic mass is 16.1. The van der Waals surface area contributed by atoms with Crippen molar-refractivity contribution < 1.29 is 4.79 Å². The minimum absolute atomic E-state index is 0.136. The van der Waals surface area contributed by atoms with Gasteiger partial charge in [0.25, 0.3) is 5.91 Å². The monoisotopic (exact) mass is 242 g/mol. The molecular formula is C13H14N4O. The van der Waals surface area contributed by atoms with Gasteiger partial charge in [0.1, 0.15) is 0 Å². The van der Waals surface area contributed by atoms with Gasteiger partial charge in [-0.3, -0.25) is 9.89 Å². The first-order valence-electron chi connectivity index (χ1n) is 5.90. The zero-order valence-electron chi connectivity index (χ0n) is 9.76. The van der Waals surface area contributed by atoms with E-state index >= 15 is 0 Å². The van der Waals surface area contributed by atoms with Gasteiger partial charge in [-0.15, -0.1) is 0 Å². The highest BCUT2D eigenvalue weighted by Gasteiger charge is 2.34. The van der Waals surface area contributed by atoms with Gasteiger partial charge in [0.05, 0.1) is 11.9 Å². The molecule has 0 radical (unpaired) electrons. The van der Waals surface area contributed by atoms with Crippen molar-refractivity contribution in [1.29, 1.82) is 0 Å². The van der Waals surface area contributed by atoms with Crippen molar-refractivity contribution in [2.75, 3.05) is 5.32 Å². The normalized spacial score (nSPS) is 21.6. The Hall–Kier alpha value is -2.14. The molecule has 4 N–H and O–H groups in total. The Morgan fingerprint density at radius 3 is 2.67 bits per heavy atom. The summed E-state index contributed by atoms with van der Waals surface area (Å²) in [5.41, 5.74) is 8.30. The number of aromatic nitrogens is 2. The first-order chi connectivity index (χ1) is 8.74. The summed E-state index contributed by atoms with van der Waals surface area (Å²) < 4.78 is 0. The maximum atomic E-state index is 11.9. The van der Waals surface area contributed by atoms with E-state index in [1.807, 2.05) is 24.3 Å². The summed E-state index contributed by atoms with van der Waals surface area (Å²) in [4.78, 5) is 11.9. The van der Waals surface area contributed by atoms with Gasteiger partial charge in [-0.1, -0.05) is 12.1 Å². The van der Waals surface area contributed by atoms with E-state index in [4.69, 9.17) is 5.73 Å². The number of H-pyrrole nitrogens is 1. The molecule has 0 spiro atoms. The van der Waals surface area contributed by atoms with Crippen molar-refractivity contribution in [1.82, 2.24) is 10.2 Å². The average molecular weight is 242 g/mol. The maximum Gasteiger partial charge on any atom is 0.255 e. The second kappa shape index (κ2) is 4.27. The Kier molecular flexibility index (Phi) is 2.60. The highest BCUT2D eigenvalue weighted by molar-refractivity contribution is 6.04. The summed E-state index contributed by atoms with van der Waals surface area (Å²) in [7, 11) is 0. The lowest BCUT2D eigenvalue weighted by Gasteiger charge is -2.04. The average Bonchev–Trinajstić information content (AvgIpc) is 2.89. The molecule has 1 aliphatic rings. The Labute approximate surface area is 104 Å². The van der Waals surface area contributed by atoms with Crippen LogP contribution in [0.4, 0.5) is 5.69 Å². The number of hydrogen-bond acceptors (Lipinski definition) is 3. The Balaban J connectivity index is 1.70. The van der Waals surface area contributed by atoms with E-state index in [1.54, 1.807) is 12.4 Å². The van der Waals surface area contributed by atoms with E-state index < -0.39 is 0 Å². The third kappa shape index (κ3) is 2.12. The van der Waals surface area contributed by atoms with Crippen molar-refractivity contribution in [3.05, 3.63) is 47.8 Å². The van der Waals surface area contributed by atoms with Crippen molar-refractivity contribution >= 4 is 11.6 Å². The minimum atomic E-state index is -0.136. The zero-order valence-corrected chi connectivity index (χ0v) is 9.76. The summed E-state index contributed by atoms with van der Waals surface area (Å²) in [6.45, 7) is 0. The smallest absolute Gasteiger partial charge is 0.255 e. The molecule has 1 aromatic carbocycles. The Morgan fingerprint density at radius 1 is 1.39 bits per heavy atom. The first-order valence-corrected chi connectivity index (χ1v) is 5.90. The van der Waals surface area contributed by atoms with E-state index in [0.717, 1.165) is 6.42 Å². The standard InChI is InChI=1S/C13H14N4O/c14-12-5-11(12)8-1-3-9(4-2-8)13(18)17-10-6-15-16-7-10/h1-4,6-7,11-12H,5,14H2,(H,15,16)(H,17,18)/t11-,12+/m0/s1. The minimum Gasteiger partial charge on any atom is -0.327 e. The number of hydrogen-bond donors (Lipinski definition) is 3. The van der Waals surface area contributed by atoms with E-state index in [2.05, 4.69) is 15.5 Å². The summed E-state index contributed by atoms with van der Waals surface area (Å²) in [6.07, 6.45) is 4.24. The van der Waals surface area contributed by atoms with Crippen LogP contribution in [-0.2, 0) is 0 Å². The van der Waals surface area contributed by atoms with Gasteiger partial charge in [0.15, 0.2) is 0 Å². The highest BCUT2D eigenvalue weighted by Crippen LogP contribution is 2.38. The molecular weight excluding hydrogens is 228 g/mol. The molecule has 18 heavy (non-hydrogen) atoms. The fourth-order valence-corrected chi connectivity index (χ4v) is 2.00. The number of nitrogens with one attached hydrogen (secondary N) is 2. The molecule has 3 rings (SSSR count). The lowest BCUT2D eigenvalue weighted by Crippen LogP contribution is -2.11. The SMILES string of the molecule is N[C@@H]1C[C@H]1c1ccc(C(=O)Nc2cn[nH]c2)cc1. The van der Waals surface area contributed by atoms with Crippen molar-refractivity contribution in [2.45, 2.75) is 18.4 Å². The van der Waals surface area contributed by atoms with Gasteiger partial charge in [-0.2, -0.15) is 5.10 Å². The second-order valence-corrected chi connectivity index (χ2v) is 4.57. The number of rotatable bonds is 3. The van der Waals surface area contributed by atoms with Crippen LogP contribution in [0.3, 0.4) is 0 Å². The number of amides is 1. The maximum absolute atomic E-state index is 11.9. The van der Waals surface area contributed by atoms with Crippen LogP contribution in [0, 0.1) is 0 Å². The molecule has 0 bridgehead atoms. The van der Waals surface area contributed by atoms with Gasteiger partial charge >= 0.3 is 0 Å². The number of nitrogens with two attached hydrogens (primary N) is 1. The van der Waals surface area contributed by atoms with Gasteiger partial charge in [-0.25, -0.2) is 0 Å². The summed E-state index contributed by atoms with van der Waals surface area (Å²) >= 11 is 0. The van der Waals surface area contributed by atoms with Crippen LogP contribution >= 0.6 is 0 Å². The van der Waals surface area contributed by atoms with Gasteiger partial charge in [0.2, 0.25) is 0 Å². The molecule has 5 nitrogen and oxygen atoms in total.